The molecule has 4 rings (SSSR count). The molecule has 2 aromatic rings. The van der Waals surface area contributed by atoms with Crippen LogP contribution in [0.5, 0.6) is 0 Å². The molecule has 1 amide bonds. The Kier molecular flexibility index (Phi) is 6.04. The van der Waals surface area contributed by atoms with Crippen LogP contribution in [-0.2, 0) is 4.74 Å². The lowest BCUT2D eigenvalue weighted by atomic mass is 10.1. The molecule has 156 valence electrons. The number of ether oxygens (including phenoxy) is 1. The normalized spacial score (nSPS) is 21.1. The summed E-state index contributed by atoms with van der Waals surface area (Å²) in [6.45, 7) is 3.63. The molecule has 10 heteroatoms. The third-order valence-electron chi connectivity index (χ3n) is 5.50. The second kappa shape index (κ2) is 8.40. The molecule has 0 aliphatic carbocycles. The van der Waals surface area contributed by atoms with E-state index in [4.69, 9.17) is 27.9 Å². The number of halogens is 4. The molecule has 2 aliphatic heterocycles. The maximum atomic E-state index is 14.7. The Morgan fingerprint density at radius 1 is 1.31 bits per heavy atom. The average Bonchev–Trinajstić information content (AvgIpc) is 2.96. The van der Waals surface area contributed by atoms with Crippen LogP contribution in [-0.4, -0.2) is 52.7 Å². The fourth-order valence-electron chi connectivity index (χ4n) is 4.12. The van der Waals surface area contributed by atoms with E-state index in [0.29, 0.717) is 30.9 Å². The van der Waals surface area contributed by atoms with Gasteiger partial charge in [-0.1, -0.05) is 24.9 Å². The number of piperazine rings is 1. The van der Waals surface area contributed by atoms with Crippen molar-refractivity contribution in [3.05, 3.63) is 26.7 Å². The molecular weight excluding hydrogens is 486 g/mol. The summed E-state index contributed by atoms with van der Waals surface area (Å²) in [6, 6.07) is 1.67. The van der Waals surface area contributed by atoms with Crippen molar-refractivity contribution in [1.82, 2.24) is 14.9 Å². The van der Waals surface area contributed by atoms with Gasteiger partial charge in [0.1, 0.15) is 11.3 Å². The summed E-state index contributed by atoms with van der Waals surface area (Å²) in [4.78, 5) is 24.8. The number of carbonyl (C=O) groups excluding carboxylic acids is 1. The van der Waals surface area contributed by atoms with Crippen LogP contribution in [0.2, 0.25) is 10.3 Å². The van der Waals surface area contributed by atoms with Gasteiger partial charge in [-0.3, -0.25) is 4.90 Å². The zero-order valence-electron chi connectivity index (χ0n) is 15.8. The van der Waals surface area contributed by atoms with Crippen molar-refractivity contribution in [2.75, 3.05) is 24.6 Å². The molecule has 0 radical (unpaired) electrons. The molecule has 2 aliphatic rings. The third-order valence-corrected chi connectivity index (χ3v) is 6.97. The highest BCUT2D eigenvalue weighted by Crippen LogP contribution is 2.38. The van der Waals surface area contributed by atoms with Gasteiger partial charge in [0.15, 0.2) is 5.82 Å². The average molecular weight is 506 g/mol. The van der Waals surface area contributed by atoms with E-state index in [0.717, 1.165) is 25.7 Å². The lowest BCUT2D eigenvalue weighted by molar-refractivity contribution is 0.0777. The number of carbonyl (C=O) groups is 1. The molecule has 1 aromatic carbocycles. The smallest absolute Gasteiger partial charge is 0.410 e. The Balaban J connectivity index is 1.63. The van der Waals surface area contributed by atoms with Gasteiger partial charge >= 0.3 is 6.09 Å². The van der Waals surface area contributed by atoms with Gasteiger partial charge in [-0.2, -0.15) is 4.98 Å². The van der Waals surface area contributed by atoms with Crippen molar-refractivity contribution in [3.8, 4) is 0 Å². The van der Waals surface area contributed by atoms with E-state index in [2.05, 4.69) is 32.8 Å². The van der Waals surface area contributed by atoms with Gasteiger partial charge in [0, 0.05) is 18.5 Å². The number of benzene rings is 1. The van der Waals surface area contributed by atoms with Crippen LogP contribution in [0.4, 0.5) is 15.0 Å². The molecule has 0 unspecified atom stereocenters. The lowest BCUT2D eigenvalue weighted by Gasteiger charge is -2.41. The fraction of sp³-hybridized carbons (Fsp3) is 0.526. The van der Waals surface area contributed by atoms with E-state index in [9.17, 15) is 9.18 Å². The Morgan fingerprint density at radius 2 is 2.00 bits per heavy atom. The molecule has 1 aromatic heterocycles. The minimum atomic E-state index is -0.570. The van der Waals surface area contributed by atoms with Crippen LogP contribution in [0, 0.1) is 5.82 Å². The predicted molar refractivity (Wildman–Crippen MR) is 114 cm³/mol. The standard InChI is InChI=1S/C19H20BrCl2FN4O2/c1-2-3-6-29-19(28)27-10-4-5-11(27)9-26(8-10)17-12-7-13(21)14(20)15(23)16(12)24-18(22)25-17/h7,10-11H,2-6,8-9H2,1H3/t10-,11+. The van der Waals surface area contributed by atoms with Crippen LogP contribution < -0.4 is 4.90 Å². The fourth-order valence-corrected chi connectivity index (χ4v) is 4.78. The molecule has 29 heavy (non-hydrogen) atoms. The summed E-state index contributed by atoms with van der Waals surface area (Å²) >= 11 is 15.4. The summed E-state index contributed by atoms with van der Waals surface area (Å²) in [5.41, 5.74) is 0.116. The van der Waals surface area contributed by atoms with Gasteiger partial charge in [0.2, 0.25) is 5.28 Å². The molecule has 3 heterocycles. The van der Waals surface area contributed by atoms with Gasteiger partial charge in [0.25, 0.3) is 0 Å². The number of fused-ring (bicyclic) bond motifs is 3. The topological polar surface area (TPSA) is 58.6 Å². The lowest BCUT2D eigenvalue weighted by Crippen LogP contribution is -2.56. The highest BCUT2D eigenvalue weighted by atomic mass is 79.9. The number of rotatable bonds is 4. The molecule has 2 bridgehead atoms. The first kappa shape index (κ1) is 20.9. The zero-order valence-corrected chi connectivity index (χ0v) is 18.9. The summed E-state index contributed by atoms with van der Waals surface area (Å²) in [5.74, 6) is -0.0386. The number of hydrogen-bond donors (Lipinski definition) is 0. The second-order valence-electron chi connectivity index (χ2n) is 7.36. The SMILES string of the molecule is CCCCOC(=O)N1[C@@H]2CC[C@H]1CN(c1nc(Cl)nc3c(F)c(Br)c(Cl)cc13)C2. The Bertz CT molecular complexity index is 950. The number of anilines is 1. The van der Waals surface area contributed by atoms with Crippen molar-refractivity contribution in [2.45, 2.75) is 44.7 Å². The Morgan fingerprint density at radius 3 is 2.66 bits per heavy atom. The van der Waals surface area contributed by atoms with Gasteiger partial charge in [0.05, 0.1) is 28.2 Å². The number of aromatic nitrogens is 2. The molecule has 0 saturated carbocycles. The van der Waals surface area contributed by atoms with Crippen molar-refractivity contribution >= 4 is 61.9 Å². The summed E-state index contributed by atoms with van der Waals surface area (Å²) in [7, 11) is 0. The van der Waals surface area contributed by atoms with Gasteiger partial charge in [-0.25, -0.2) is 14.2 Å². The third kappa shape index (κ3) is 3.86. The van der Waals surface area contributed by atoms with Crippen molar-refractivity contribution < 1.29 is 13.9 Å². The van der Waals surface area contributed by atoms with Crippen molar-refractivity contribution in [3.63, 3.8) is 0 Å². The summed E-state index contributed by atoms with van der Waals surface area (Å²) in [6.07, 6.45) is 3.36. The van der Waals surface area contributed by atoms with Crippen LogP contribution >= 0.6 is 39.1 Å². The quantitative estimate of drug-likeness (QED) is 0.315. The molecular formula is C19H20BrCl2FN4O2. The summed E-state index contributed by atoms with van der Waals surface area (Å²) in [5, 5.41) is 0.705. The van der Waals surface area contributed by atoms with E-state index in [1.54, 1.807) is 6.07 Å². The van der Waals surface area contributed by atoms with Crippen molar-refractivity contribution in [2.24, 2.45) is 0 Å². The largest absolute Gasteiger partial charge is 0.449 e. The van der Waals surface area contributed by atoms with E-state index in [1.807, 2.05) is 9.80 Å². The van der Waals surface area contributed by atoms with Crippen LogP contribution in [0.25, 0.3) is 10.9 Å². The number of hydrogen-bond acceptors (Lipinski definition) is 5. The van der Waals surface area contributed by atoms with Crippen LogP contribution in [0.1, 0.15) is 32.6 Å². The van der Waals surface area contributed by atoms with Crippen LogP contribution in [0.15, 0.2) is 10.5 Å². The monoisotopic (exact) mass is 504 g/mol. The van der Waals surface area contributed by atoms with Gasteiger partial charge < -0.3 is 9.64 Å². The number of unbranched alkanes of at least 4 members (excludes halogenated alkanes) is 1. The highest BCUT2D eigenvalue weighted by Gasteiger charge is 2.44. The first-order chi connectivity index (χ1) is 13.9. The molecule has 2 saturated heterocycles. The predicted octanol–water partition coefficient (Wildman–Crippen LogP) is 5.43. The Labute approximate surface area is 186 Å². The molecule has 0 spiro atoms. The first-order valence-corrected chi connectivity index (χ1v) is 11.2. The minimum Gasteiger partial charge on any atom is -0.449 e. The maximum Gasteiger partial charge on any atom is 0.410 e. The molecule has 2 atom stereocenters. The molecule has 0 N–H and O–H groups in total. The van der Waals surface area contributed by atoms with E-state index < -0.39 is 5.82 Å². The highest BCUT2D eigenvalue weighted by molar-refractivity contribution is 9.10. The zero-order chi connectivity index (χ0) is 20.7. The van der Waals surface area contributed by atoms with Gasteiger partial charge in [-0.15, -0.1) is 0 Å². The molecule has 2 fully saturated rings. The number of amides is 1. The van der Waals surface area contributed by atoms with Crippen LogP contribution in [0.3, 0.4) is 0 Å². The van der Waals surface area contributed by atoms with E-state index in [1.165, 1.54) is 0 Å². The maximum absolute atomic E-state index is 14.7. The first-order valence-electron chi connectivity index (χ1n) is 9.61. The second-order valence-corrected chi connectivity index (χ2v) is 8.90. The van der Waals surface area contributed by atoms with E-state index in [-0.39, 0.29) is 38.5 Å². The summed E-state index contributed by atoms with van der Waals surface area (Å²) < 4.78 is 20.3. The minimum absolute atomic E-state index is 0.0161. The molecule has 6 nitrogen and oxygen atoms in total. The van der Waals surface area contributed by atoms with Gasteiger partial charge in [-0.05, 0) is 52.9 Å². The van der Waals surface area contributed by atoms with E-state index >= 15 is 0 Å². The van der Waals surface area contributed by atoms with Crippen molar-refractivity contribution in [1.29, 1.82) is 0 Å². The Hall–Kier alpha value is -1.38. The number of nitrogens with zero attached hydrogens (tertiary/aromatic N) is 4.